The lowest BCUT2D eigenvalue weighted by Gasteiger charge is -2.11. The Kier molecular flexibility index (Phi) is 5.91. The summed E-state index contributed by atoms with van der Waals surface area (Å²) in [4.78, 5) is 12.9. The number of aromatic nitrogens is 2. The summed E-state index contributed by atoms with van der Waals surface area (Å²) >= 11 is 0. The molecule has 2 heterocycles. The van der Waals surface area contributed by atoms with E-state index >= 15 is 0 Å². The number of ether oxygens (including phenoxy) is 3. The van der Waals surface area contributed by atoms with Crippen LogP contribution in [0.15, 0.2) is 60.8 Å². The van der Waals surface area contributed by atoms with Crippen molar-refractivity contribution in [2.24, 2.45) is 0 Å². The number of para-hydroxylation sites is 1. The van der Waals surface area contributed by atoms with Gasteiger partial charge in [-0.05, 0) is 30.5 Å². The molecule has 3 aromatic rings. The largest absolute Gasteiger partial charge is 0.496 e. The average molecular weight is 392 g/mol. The zero-order chi connectivity index (χ0) is 20.1. The number of methoxy groups -OCH3 is 1. The molecule has 29 heavy (non-hydrogen) atoms. The number of hydrogen-bond acceptors (Lipinski definition) is 5. The van der Waals surface area contributed by atoms with Gasteiger partial charge in [-0.1, -0.05) is 42.5 Å². The standard InChI is InChI=1S/C23H24N2O4/c1-27-21-12-6-5-11-19(21)22-20(23(26)29-16-18-10-7-13-28-18)15-25(24-22)14-17-8-3-2-4-9-17/h2-6,8-9,11-12,15,18H,7,10,13-14,16H2,1H3. The van der Waals surface area contributed by atoms with E-state index in [0.29, 0.717) is 23.6 Å². The minimum atomic E-state index is -0.402. The number of rotatable bonds is 7. The quantitative estimate of drug-likeness (QED) is 0.570. The lowest BCUT2D eigenvalue weighted by atomic mass is 10.1. The van der Waals surface area contributed by atoms with Gasteiger partial charge in [0.1, 0.15) is 23.6 Å². The molecule has 0 bridgehead atoms. The van der Waals surface area contributed by atoms with Crippen LogP contribution in [-0.4, -0.2) is 42.2 Å². The van der Waals surface area contributed by atoms with Crippen LogP contribution in [0.1, 0.15) is 28.8 Å². The third-order valence-electron chi connectivity index (χ3n) is 4.96. The fraction of sp³-hybridized carbons (Fsp3) is 0.304. The molecule has 4 rings (SSSR count). The maximum atomic E-state index is 12.9. The van der Waals surface area contributed by atoms with Crippen LogP contribution < -0.4 is 4.74 Å². The molecule has 0 aliphatic carbocycles. The van der Waals surface area contributed by atoms with E-state index in [9.17, 15) is 4.79 Å². The molecule has 6 heteroatoms. The van der Waals surface area contributed by atoms with Gasteiger partial charge in [0.15, 0.2) is 0 Å². The van der Waals surface area contributed by atoms with Crippen LogP contribution in [0.3, 0.4) is 0 Å². The van der Waals surface area contributed by atoms with Crippen molar-refractivity contribution in [1.82, 2.24) is 9.78 Å². The van der Waals surface area contributed by atoms with Crippen molar-refractivity contribution in [1.29, 1.82) is 0 Å². The average Bonchev–Trinajstić information content (AvgIpc) is 3.43. The molecule has 6 nitrogen and oxygen atoms in total. The summed E-state index contributed by atoms with van der Waals surface area (Å²) < 4.78 is 18.4. The van der Waals surface area contributed by atoms with E-state index in [0.717, 1.165) is 30.6 Å². The SMILES string of the molecule is COc1ccccc1-c1nn(Cc2ccccc2)cc1C(=O)OCC1CCCO1. The van der Waals surface area contributed by atoms with Gasteiger partial charge < -0.3 is 14.2 Å². The Morgan fingerprint density at radius 2 is 1.97 bits per heavy atom. The van der Waals surface area contributed by atoms with Crippen molar-refractivity contribution < 1.29 is 19.0 Å². The van der Waals surface area contributed by atoms with Gasteiger partial charge in [0.2, 0.25) is 0 Å². The second kappa shape index (κ2) is 8.92. The first-order valence-electron chi connectivity index (χ1n) is 9.78. The van der Waals surface area contributed by atoms with Gasteiger partial charge in [0.25, 0.3) is 0 Å². The molecular formula is C23H24N2O4. The van der Waals surface area contributed by atoms with Gasteiger partial charge in [0.05, 0.1) is 19.8 Å². The summed E-state index contributed by atoms with van der Waals surface area (Å²) in [5, 5.41) is 4.69. The molecule has 1 unspecified atom stereocenters. The van der Waals surface area contributed by atoms with Gasteiger partial charge in [-0.25, -0.2) is 4.79 Å². The summed E-state index contributed by atoms with van der Waals surface area (Å²) in [5.41, 5.74) is 2.82. The molecule has 150 valence electrons. The van der Waals surface area contributed by atoms with Crippen LogP contribution in [0.25, 0.3) is 11.3 Å². The minimum Gasteiger partial charge on any atom is -0.496 e. The summed E-state index contributed by atoms with van der Waals surface area (Å²) in [7, 11) is 1.61. The van der Waals surface area contributed by atoms with Gasteiger partial charge in [-0.15, -0.1) is 0 Å². The Hall–Kier alpha value is -3.12. The van der Waals surface area contributed by atoms with E-state index in [1.807, 2.05) is 54.6 Å². The molecule has 0 amide bonds. The lowest BCUT2D eigenvalue weighted by Crippen LogP contribution is -2.18. The molecule has 1 saturated heterocycles. The van der Waals surface area contributed by atoms with Crippen LogP contribution in [0.2, 0.25) is 0 Å². The molecule has 0 N–H and O–H groups in total. The van der Waals surface area contributed by atoms with E-state index in [-0.39, 0.29) is 12.7 Å². The minimum absolute atomic E-state index is 0.0203. The molecule has 1 atom stereocenters. The predicted octanol–water partition coefficient (Wildman–Crippen LogP) is 3.94. The fourth-order valence-electron chi connectivity index (χ4n) is 3.48. The molecule has 1 aromatic heterocycles. The Labute approximate surface area is 170 Å². The summed E-state index contributed by atoms with van der Waals surface area (Å²) in [6, 6.07) is 17.5. The Morgan fingerprint density at radius 3 is 2.72 bits per heavy atom. The zero-order valence-corrected chi connectivity index (χ0v) is 16.4. The van der Waals surface area contributed by atoms with Gasteiger partial charge in [-0.2, -0.15) is 5.10 Å². The molecule has 2 aromatic carbocycles. The third kappa shape index (κ3) is 4.49. The smallest absolute Gasteiger partial charge is 0.342 e. The van der Waals surface area contributed by atoms with E-state index in [4.69, 9.17) is 14.2 Å². The van der Waals surface area contributed by atoms with E-state index < -0.39 is 5.97 Å². The maximum Gasteiger partial charge on any atom is 0.342 e. The molecule has 0 saturated carbocycles. The Morgan fingerprint density at radius 1 is 1.17 bits per heavy atom. The van der Waals surface area contributed by atoms with Gasteiger partial charge in [-0.3, -0.25) is 4.68 Å². The number of nitrogens with zero attached hydrogens (tertiary/aromatic N) is 2. The van der Waals surface area contributed by atoms with Crippen LogP contribution in [-0.2, 0) is 16.0 Å². The highest BCUT2D eigenvalue weighted by Gasteiger charge is 2.24. The predicted molar refractivity (Wildman–Crippen MR) is 109 cm³/mol. The van der Waals surface area contributed by atoms with Crippen molar-refractivity contribution in [3.05, 3.63) is 71.9 Å². The molecule has 1 aliphatic heterocycles. The number of carbonyl (C=O) groups excluding carboxylic acids is 1. The Bertz CT molecular complexity index is 962. The summed E-state index contributed by atoms with van der Waals surface area (Å²) in [6.07, 6.45) is 3.64. The second-order valence-corrected chi connectivity index (χ2v) is 7.01. The third-order valence-corrected chi connectivity index (χ3v) is 4.96. The molecule has 1 aliphatic rings. The van der Waals surface area contributed by atoms with Crippen molar-refractivity contribution in [3.63, 3.8) is 0 Å². The Balaban J connectivity index is 1.64. The van der Waals surface area contributed by atoms with Crippen LogP contribution in [0.5, 0.6) is 5.75 Å². The van der Waals surface area contributed by atoms with Crippen molar-refractivity contribution >= 4 is 5.97 Å². The number of hydrogen-bond donors (Lipinski definition) is 0. The summed E-state index contributed by atoms with van der Waals surface area (Å²) in [5.74, 6) is 0.256. The van der Waals surface area contributed by atoms with E-state index in [1.165, 1.54) is 0 Å². The highest BCUT2D eigenvalue weighted by Crippen LogP contribution is 2.31. The van der Waals surface area contributed by atoms with Crippen molar-refractivity contribution in [2.75, 3.05) is 20.3 Å². The highest BCUT2D eigenvalue weighted by molar-refractivity contribution is 5.96. The van der Waals surface area contributed by atoms with Crippen LogP contribution >= 0.6 is 0 Å². The molecule has 1 fully saturated rings. The van der Waals surface area contributed by atoms with Gasteiger partial charge >= 0.3 is 5.97 Å². The molecule has 0 radical (unpaired) electrons. The first-order valence-corrected chi connectivity index (χ1v) is 9.78. The second-order valence-electron chi connectivity index (χ2n) is 7.01. The van der Waals surface area contributed by atoms with Crippen molar-refractivity contribution in [3.8, 4) is 17.0 Å². The molecule has 0 spiro atoms. The number of carbonyl (C=O) groups is 1. The molecular weight excluding hydrogens is 368 g/mol. The highest BCUT2D eigenvalue weighted by atomic mass is 16.6. The van der Waals surface area contributed by atoms with E-state index in [2.05, 4.69) is 5.10 Å². The zero-order valence-electron chi connectivity index (χ0n) is 16.4. The maximum absolute atomic E-state index is 12.9. The van der Waals surface area contributed by atoms with E-state index in [1.54, 1.807) is 18.0 Å². The van der Waals surface area contributed by atoms with Crippen molar-refractivity contribution in [2.45, 2.75) is 25.5 Å². The lowest BCUT2D eigenvalue weighted by molar-refractivity contribution is 0.0162. The monoisotopic (exact) mass is 392 g/mol. The topological polar surface area (TPSA) is 62.6 Å². The van der Waals surface area contributed by atoms with Crippen LogP contribution in [0, 0.1) is 0 Å². The van der Waals surface area contributed by atoms with Gasteiger partial charge in [0, 0.05) is 18.4 Å². The number of esters is 1. The first kappa shape index (κ1) is 19.2. The number of benzene rings is 2. The normalized spacial score (nSPS) is 16.0. The van der Waals surface area contributed by atoms with Crippen LogP contribution in [0.4, 0.5) is 0 Å². The fourth-order valence-corrected chi connectivity index (χ4v) is 3.48. The first-order chi connectivity index (χ1) is 14.2. The summed E-state index contributed by atoms with van der Waals surface area (Å²) in [6.45, 7) is 1.54.